The smallest absolute Gasteiger partial charge is 0.258 e. The van der Waals surface area contributed by atoms with Crippen LogP contribution in [0.4, 0.5) is 0 Å². The maximum atomic E-state index is 11.6. The van der Waals surface area contributed by atoms with E-state index in [9.17, 15) is 4.79 Å². The molecule has 1 amide bonds. The molecule has 100 valence electrons. The summed E-state index contributed by atoms with van der Waals surface area (Å²) < 4.78 is 5.46. The van der Waals surface area contributed by atoms with Gasteiger partial charge in [-0.1, -0.05) is 25.4 Å². The van der Waals surface area contributed by atoms with E-state index in [4.69, 9.17) is 16.3 Å². The highest BCUT2D eigenvalue weighted by Gasteiger charge is 2.11. The number of carbonyl (C=O) groups excluding carboxylic acids is 1. The summed E-state index contributed by atoms with van der Waals surface area (Å²) in [5.74, 6) is 0.989. The Morgan fingerprint density at radius 3 is 2.61 bits per heavy atom. The summed E-state index contributed by atoms with van der Waals surface area (Å²) in [7, 11) is 0. The first-order valence-electron chi connectivity index (χ1n) is 6.08. The van der Waals surface area contributed by atoms with Gasteiger partial charge in [-0.2, -0.15) is 0 Å². The molecule has 0 aromatic heterocycles. The van der Waals surface area contributed by atoms with Crippen molar-refractivity contribution in [2.45, 2.75) is 33.7 Å². The molecule has 0 saturated carbocycles. The molecule has 18 heavy (non-hydrogen) atoms. The zero-order valence-corrected chi connectivity index (χ0v) is 12.0. The molecule has 1 rings (SSSR count). The summed E-state index contributed by atoms with van der Waals surface area (Å²) >= 11 is 5.85. The molecule has 0 saturated heterocycles. The van der Waals surface area contributed by atoms with Crippen molar-refractivity contribution < 1.29 is 9.53 Å². The lowest BCUT2D eigenvalue weighted by molar-refractivity contribution is -0.124. The van der Waals surface area contributed by atoms with Crippen molar-refractivity contribution in [1.82, 2.24) is 5.32 Å². The third-order valence-electron chi connectivity index (χ3n) is 2.88. The summed E-state index contributed by atoms with van der Waals surface area (Å²) in [6.07, 6.45) is 0. The van der Waals surface area contributed by atoms with Crippen LogP contribution in [0.2, 0.25) is 5.02 Å². The Hall–Kier alpha value is -1.22. The molecular weight excluding hydrogens is 250 g/mol. The minimum Gasteiger partial charge on any atom is -0.484 e. The van der Waals surface area contributed by atoms with Gasteiger partial charge in [0.05, 0.1) is 0 Å². The van der Waals surface area contributed by atoms with Crippen LogP contribution in [0.15, 0.2) is 18.2 Å². The molecule has 0 radical (unpaired) electrons. The van der Waals surface area contributed by atoms with Gasteiger partial charge in [0.25, 0.3) is 5.91 Å². The van der Waals surface area contributed by atoms with Crippen molar-refractivity contribution in [3.8, 4) is 5.75 Å². The topological polar surface area (TPSA) is 38.3 Å². The fraction of sp³-hybridized carbons (Fsp3) is 0.500. The van der Waals surface area contributed by atoms with E-state index >= 15 is 0 Å². The normalized spacial score (nSPS) is 12.3. The van der Waals surface area contributed by atoms with Gasteiger partial charge < -0.3 is 10.1 Å². The van der Waals surface area contributed by atoms with Crippen LogP contribution in [0.5, 0.6) is 5.75 Å². The predicted octanol–water partition coefficient (Wildman–Crippen LogP) is 3.19. The molecule has 0 aliphatic carbocycles. The summed E-state index contributed by atoms with van der Waals surface area (Å²) in [4.78, 5) is 11.6. The van der Waals surface area contributed by atoms with Crippen LogP contribution in [0.25, 0.3) is 0 Å². The van der Waals surface area contributed by atoms with Gasteiger partial charge in [-0.05, 0) is 43.5 Å². The number of carbonyl (C=O) groups is 1. The number of benzene rings is 1. The first-order valence-corrected chi connectivity index (χ1v) is 6.46. The third-order valence-corrected chi connectivity index (χ3v) is 3.12. The SMILES string of the molecule is Cc1cc(Cl)ccc1OCC(=O)NC(C)C(C)C. The highest BCUT2D eigenvalue weighted by molar-refractivity contribution is 6.30. The van der Waals surface area contributed by atoms with E-state index in [-0.39, 0.29) is 18.6 Å². The Balaban J connectivity index is 2.47. The van der Waals surface area contributed by atoms with Crippen LogP contribution < -0.4 is 10.1 Å². The largest absolute Gasteiger partial charge is 0.484 e. The number of hydrogen-bond acceptors (Lipinski definition) is 2. The number of nitrogens with one attached hydrogen (secondary N) is 1. The lowest BCUT2D eigenvalue weighted by Crippen LogP contribution is -2.39. The van der Waals surface area contributed by atoms with Crippen molar-refractivity contribution in [3.63, 3.8) is 0 Å². The molecular formula is C14H20ClNO2. The molecule has 3 nitrogen and oxygen atoms in total. The number of ether oxygens (including phenoxy) is 1. The molecule has 0 heterocycles. The van der Waals surface area contributed by atoms with E-state index < -0.39 is 0 Å². The van der Waals surface area contributed by atoms with Crippen LogP contribution in [0.1, 0.15) is 26.3 Å². The Morgan fingerprint density at radius 2 is 2.06 bits per heavy atom. The Morgan fingerprint density at radius 1 is 1.39 bits per heavy atom. The Kier molecular flexibility index (Phi) is 5.48. The minimum absolute atomic E-state index is 0.0273. The molecule has 1 N–H and O–H groups in total. The monoisotopic (exact) mass is 269 g/mol. The second-order valence-electron chi connectivity index (χ2n) is 4.80. The average Bonchev–Trinajstić information content (AvgIpc) is 2.27. The molecule has 0 fully saturated rings. The highest BCUT2D eigenvalue weighted by Crippen LogP contribution is 2.21. The minimum atomic E-state index is -0.106. The lowest BCUT2D eigenvalue weighted by Gasteiger charge is -2.17. The van der Waals surface area contributed by atoms with Crippen molar-refractivity contribution in [2.75, 3.05) is 6.61 Å². The van der Waals surface area contributed by atoms with E-state index in [1.807, 2.05) is 19.9 Å². The molecule has 1 atom stereocenters. The summed E-state index contributed by atoms with van der Waals surface area (Å²) in [6.45, 7) is 8.04. The predicted molar refractivity (Wildman–Crippen MR) is 74.1 cm³/mol. The van der Waals surface area contributed by atoms with Gasteiger partial charge in [0.1, 0.15) is 5.75 Å². The number of rotatable bonds is 5. The first kappa shape index (κ1) is 14.8. The molecule has 0 bridgehead atoms. The first-order chi connectivity index (χ1) is 8.40. The second kappa shape index (κ2) is 6.64. The number of amides is 1. The molecule has 1 aromatic carbocycles. The second-order valence-corrected chi connectivity index (χ2v) is 5.24. The van der Waals surface area contributed by atoms with Gasteiger partial charge in [0, 0.05) is 11.1 Å². The lowest BCUT2D eigenvalue weighted by atomic mass is 10.1. The Labute approximate surface area is 113 Å². The maximum Gasteiger partial charge on any atom is 0.258 e. The fourth-order valence-electron chi connectivity index (χ4n) is 1.38. The van der Waals surface area contributed by atoms with Gasteiger partial charge in [-0.3, -0.25) is 4.79 Å². The van der Waals surface area contributed by atoms with Crippen LogP contribution >= 0.6 is 11.6 Å². The molecule has 4 heteroatoms. The molecule has 0 aliphatic heterocycles. The standard InChI is InChI=1S/C14H20ClNO2/c1-9(2)11(4)16-14(17)8-18-13-6-5-12(15)7-10(13)3/h5-7,9,11H,8H2,1-4H3,(H,16,17). The Bertz CT molecular complexity index is 418. The fourth-order valence-corrected chi connectivity index (χ4v) is 1.61. The van der Waals surface area contributed by atoms with Crippen molar-refractivity contribution in [2.24, 2.45) is 5.92 Å². The zero-order valence-electron chi connectivity index (χ0n) is 11.3. The van der Waals surface area contributed by atoms with Crippen LogP contribution in [-0.4, -0.2) is 18.6 Å². The summed E-state index contributed by atoms with van der Waals surface area (Å²) in [5.41, 5.74) is 0.923. The molecule has 1 aromatic rings. The van der Waals surface area contributed by atoms with Crippen molar-refractivity contribution in [3.05, 3.63) is 28.8 Å². The number of aryl methyl sites for hydroxylation is 1. The summed E-state index contributed by atoms with van der Waals surface area (Å²) in [6, 6.07) is 5.48. The van der Waals surface area contributed by atoms with Crippen LogP contribution in [-0.2, 0) is 4.79 Å². The van der Waals surface area contributed by atoms with E-state index in [0.29, 0.717) is 16.7 Å². The van der Waals surface area contributed by atoms with Gasteiger partial charge in [0.15, 0.2) is 6.61 Å². The highest BCUT2D eigenvalue weighted by atomic mass is 35.5. The van der Waals surface area contributed by atoms with Crippen molar-refractivity contribution in [1.29, 1.82) is 0 Å². The summed E-state index contributed by atoms with van der Waals surface area (Å²) in [5, 5.41) is 3.55. The van der Waals surface area contributed by atoms with Crippen molar-refractivity contribution >= 4 is 17.5 Å². The molecule has 0 aliphatic rings. The van der Waals surface area contributed by atoms with E-state index in [2.05, 4.69) is 19.2 Å². The zero-order chi connectivity index (χ0) is 13.7. The van der Waals surface area contributed by atoms with E-state index in [1.165, 1.54) is 0 Å². The number of halogens is 1. The van der Waals surface area contributed by atoms with E-state index in [1.54, 1.807) is 12.1 Å². The van der Waals surface area contributed by atoms with Gasteiger partial charge in [-0.25, -0.2) is 0 Å². The van der Waals surface area contributed by atoms with Crippen LogP contribution in [0.3, 0.4) is 0 Å². The van der Waals surface area contributed by atoms with Gasteiger partial charge in [0.2, 0.25) is 0 Å². The quantitative estimate of drug-likeness (QED) is 0.892. The maximum absolute atomic E-state index is 11.6. The van der Waals surface area contributed by atoms with Crippen LogP contribution in [0, 0.1) is 12.8 Å². The van der Waals surface area contributed by atoms with Gasteiger partial charge >= 0.3 is 0 Å². The molecule has 1 unspecified atom stereocenters. The number of hydrogen-bond donors (Lipinski definition) is 1. The third kappa shape index (κ3) is 4.57. The van der Waals surface area contributed by atoms with E-state index in [0.717, 1.165) is 5.56 Å². The molecule has 0 spiro atoms. The van der Waals surface area contributed by atoms with Gasteiger partial charge in [-0.15, -0.1) is 0 Å². The average molecular weight is 270 g/mol.